The first kappa shape index (κ1) is 16.1. The number of carbonyl (C=O) groups is 1. The fourth-order valence-electron chi connectivity index (χ4n) is 3.05. The molecule has 1 saturated carbocycles. The van der Waals surface area contributed by atoms with E-state index in [1.54, 1.807) is 36.4 Å². The predicted octanol–water partition coefficient (Wildman–Crippen LogP) is 4.59. The molecule has 1 aromatic carbocycles. The Kier molecular flexibility index (Phi) is 4.44. The molecule has 1 aliphatic carbocycles. The summed E-state index contributed by atoms with van der Waals surface area (Å²) in [5.74, 6) is 0.437. The molecule has 4 nitrogen and oxygen atoms in total. The number of halogens is 1. The molecule has 1 N–H and O–H groups in total. The van der Waals surface area contributed by atoms with Crippen molar-refractivity contribution in [3.63, 3.8) is 0 Å². The Balaban J connectivity index is 1.53. The molecule has 0 spiro atoms. The number of hydrogen-bond donors (Lipinski definition) is 1. The van der Waals surface area contributed by atoms with Gasteiger partial charge in [0.25, 0.3) is 5.91 Å². The van der Waals surface area contributed by atoms with Crippen LogP contribution in [0.5, 0.6) is 0 Å². The van der Waals surface area contributed by atoms with Crippen molar-refractivity contribution in [1.29, 1.82) is 0 Å². The number of nitrogens with one attached hydrogen (secondary N) is 1. The number of rotatable bonds is 3. The number of carbonyl (C=O) groups excluding carboxylic acids is 1. The lowest BCUT2D eigenvalue weighted by Crippen LogP contribution is -2.21. The summed E-state index contributed by atoms with van der Waals surface area (Å²) in [5.41, 5.74) is 0.402. The van der Waals surface area contributed by atoms with Crippen molar-refractivity contribution in [2.75, 3.05) is 0 Å². The first-order valence-corrected chi connectivity index (χ1v) is 9.14. The predicted molar refractivity (Wildman–Crippen MR) is 97.5 cm³/mol. The molecule has 2 aromatic rings. The lowest BCUT2D eigenvalue weighted by Gasteiger charge is -2.02. The Labute approximate surface area is 149 Å². The monoisotopic (exact) mass is 356 g/mol. The summed E-state index contributed by atoms with van der Waals surface area (Å²) in [6.45, 7) is 0. The fourth-order valence-corrected chi connectivity index (χ4v) is 3.93. The molecule has 6 heteroatoms. The number of amidine groups is 1. The van der Waals surface area contributed by atoms with Gasteiger partial charge in [-0.05, 0) is 48.9 Å². The van der Waals surface area contributed by atoms with E-state index in [4.69, 9.17) is 4.42 Å². The van der Waals surface area contributed by atoms with Crippen LogP contribution in [0, 0.1) is 5.82 Å². The van der Waals surface area contributed by atoms with Gasteiger partial charge in [0.2, 0.25) is 0 Å². The van der Waals surface area contributed by atoms with Gasteiger partial charge in [-0.2, -0.15) is 0 Å². The van der Waals surface area contributed by atoms with Gasteiger partial charge in [-0.1, -0.05) is 25.0 Å². The fraction of sp³-hybridized carbons (Fsp3) is 0.263. The van der Waals surface area contributed by atoms with Crippen LogP contribution in [0.1, 0.15) is 31.4 Å². The third-order valence-corrected chi connectivity index (χ3v) is 5.24. The van der Waals surface area contributed by atoms with Gasteiger partial charge in [0.1, 0.15) is 17.3 Å². The average Bonchev–Trinajstić information content (AvgIpc) is 3.32. The molecule has 1 amide bonds. The zero-order chi connectivity index (χ0) is 17.2. The Hall–Kier alpha value is -2.34. The second-order valence-electron chi connectivity index (χ2n) is 6.12. The second-order valence-corrected chi connectivity index (χ2v) is 7.15. The SMILES string of the molecule is O=C1NC(=NC2CCCC2)S/C1=C\c1ccc(-c2ccccc2F)o1. The second kappa shape index (κ2) is 6.88. The van der Waals surface area contributed by atoms with Crippen LogP contribution in [0.4, 0.5) is 4.39 Å². The van der Waals surface area contributed by atoms with Crippen molar-refractivity contribution in [3.05, 3.63) is 52.9 Å². The van der Waals surface area contributed by atoms with E-state index in [0.29, 0.717) is 33.2 Å². The first-order valence-electron chi connectivity index (χ1n) is 8.32. The van der Waals surface area contributed by atoms with Crippen molar-refractivity contribution in [2.45, 2.75) is 31.7 Å². The van der Waals surface area contributed by atoms with E-state index in [0.717, 1.165) is 12.8 Å². The molecule has 0 bridgehead atoms. The summed E-state index contributed by atoms with van der Waals surface area (Å²) in [6.07, 6.45) is 6.25. The van der Waals surface area contributed by atoms with E-state index in [1.165, 1.54) is 30.7 Å². The quantitative estimate of drug-likeness (QED) is 0.819. The number of aliphatic imine (C=N–C) groups is 1. The number of amides is 1. The van der Waals surface area contributed by atoms with E-state index >= 15 is 0 Å². The highest BCUT2D eigenvalue weighted by molar-refractivity contribution is 8.18. The molecule has 1 aliphatic heterocycles. The van der Waals surface area contributed by atoms with Gasteiger partial charge in [0, 0.05) is 6.08 Å². The van der Waals surface area contributed by atoms with Crippen molar-refractivity contribution < 1.29 is 13.6 Å². The summed E-state index contributed by atoms with van der Waals surface area (Å²) in [5, 5.41) is 3.46. The maximum atomic E-state index is 13.8. The van der Waals surface area contributed by atoms with Crippen LogP contribution >= 0.6 is 11.8 Å². The normalized spacial score (nSPS) is 21.4. The zero-order valence-electron chi connectivity index (χ0n) is 13.5. The van der Waals surface area contributed by atoms with E-state index < -0.39 is 0 Å². The largest absolute Gasteiger partial charge is 0.457 e. The lowest BCUT2D eigenvalue weighted by molar-refractivity contribution is -0.115. The number of nitrogens with zero attached hydrogens (tertiary/aromatic N) is 1. The summed E-state index contributed by atoms with van der Waals surface area (Å²) in [6, 6.07) is 10.2. The van der Waals surface area contributed by atoms with E-state index in [2.05, 4.69) is 10.3 Å². The summed E-state index contributed by atoms with van der Waals surface area (Å²) >= 11 is 1.33. The molecule has 0 atom stereocenters. The van der Waals surface area contributed by atoms with Crippen molar-refractivity contribution in [1.82, 2.24) is 5.32 Å². The van der Waals surface area contributed by atoms with Crippen molar-refractivity contribution >= 4 is 28.9 Å². The Morgan fingerprint density at radius 3 is 2.80 bits per heavy atom. The highest BCUT2D eigenvalue weighted by Crippen LogP contribution is 2.31. The highest BCUT2D eigenvalue weighted by Gasteiger charge is 2.26. The van der Waals surface area contributed by atoms with Gasteiger partial charge in [-0.3, -0.25) is 9.79 Å². The number of hydrogen-bond acceptors (Lipinski definition) is 4. The van der Waals surface area contributed by atoms with Crippen LogP contribution < -0.4 is 5.32 Å². The molecule has 0 radical (unpaired) electrons. The minimum atomic E-state index is -0.338. The van der Waals surface area contributed by atoms with Crippen LogP contribution in [0.3, 0.4) is 0 Å². The third kappa shape index (κ3) is 3.54. The standard InChI is InChI=1S/C19H17FN2O2S/c20-15-8-4-3-7-14(15)16-10-9-13(24-16)11-17-18(23)22-19(25-17)21-12-5-1-2-6-12/h3-4,7-12H,1-2,5-6H2,(H,21,22,23)/b17-11-. The molecule has 0 unspecified atom stereocenters. The molecule has 2 fully saturated rings. The topological polar surface area (TPSA) is 54.6 Å². The summed E-state index contributed by atoms with van der Waals surface area (Å²) in [7, 11) is 0. The van der Waals surface area contributed by atoms with Gasteiger partial charge >= 0.3 is 0 Å². The van der Waals surface area contributed by atoms with Gasteiger partial charge in [-0.15, -0.1) is 0 Å². The zero-order valence-corrected chi connectivity index (χ0v) is 14.3. The van der Waals surface area contributed by atoms with Crippen molar-refractivity contribution in [2.24, 2.45) is 4.99 Å². The molecule has 1 aromatic heterocycles. The maximum absolute atomic E-state index is 13.8. The highest BCUT2D eigenvalue weighted by atomic mass is 32.2. The van der Waals surface area contributed by atoms with Crippen molar-refractivity contribution in [3.8, 4) is 11.3 Å². The smallest absolute Gasteiger partial charge is 0.264 e. The van der Waals surface area contributed by atoms with Crippen LogP contribution in [0.15, 0.2) is 50.7 Å². The molecule has 25 heavy (non-hydrogen) atoms. The minimum Gasteiger partial charge on any atom is -0.457 e. The van der Waals surface area contributed by atoms with Crippen LogP contribution in [-0.4, -0.2) is 17.1 Å². The van der Waals surface area contributed by atoms with Gasteiger partial charge < -0.3 is 9.73 Å². The number of furan rings is 1. The number of benzene rings is 1. The van der Waals surface area contributed by atoms with Gasteiger partial charge in [-0.25, -0.2) is 4.39 Å². The molecular formula is C19H17FN2O2S. The summed E-state index contributed by atoms with van der Waals surface area (Å²) < 4.78 is 19.5. The molecule has 4 rings (SSSR count). The van der Waals surface area contributed by atoms with Gasteiger partial charge in [0.15, 0.2) is 5.17 Å². The maximum Gasteiger partial charge on any atom is 0.264 e. The lowest BCUT2D eigenvalue weighted by atomic mass is 10.1. The molecular weight excluding hydrogens is 339 g/mol. The Bertz CT molecular complexity index is 866. The molecule has 2 heterocycles. The van der Waals surface area contributed by atoms with E-state index in [9.17, 15) is 9.18 Å². The summed E-state index contributed by atoms with van der Waals surface area (Å²) in [4.78, 5) is 17.3. The first-order chi connectivity index (χ1) is 12.2. The molecule has 2 aliphatic rings. The van der Waals surface area contributed by atoms with Gasteiger partial charge in [0.05, 0.1) is 16.5 Å². The molecule has 128 valence electrons. The average molecular weight is 356 g/mol. The third-order valence-electron chi connectivity index (χ3n) is 4.31. The molecule has 1 saturated heterocycles. The van der Waals surface area contributed by atoms with Crippen LogP contribution in [0.25, 0.3) is 17.4 Å². The van der Waals surface area contributed by atoms with Crippen LogP contribution in [0.2, 0.25) is 0 Å². The number of thioether (sulfide) groups is 1. The Morgan fingerprint density at radius 2 is 2.00 bits per heavy atom. The van der Waals surface area contributed by atoms with E-state index in [1.807, 2.05) is 0 Å². The Morgan fingerprint density at radius 1 is 1.20 bits per heavy atom. The van der Waals surface area contributed by atoms with E-state index in [-0.39, 0.29) is 11.7 Å². The van der Waals surface area contributed by atoms with Crippen LogP contribution in [-0.2, 0) is 4.79 Å². The minimum absolute atomic E-state index is 0.175.